The number of carboxylic acid groups (broad SMARTS) is 1. The van der Waals surface area contributed by atoms with Gasteiger partial charge in [0.25, 0.3) is 0 Å². The van der Waals surface area contributed by atoms with Crippen molar-refractivity contribution in [1.29, 1.82) is 0 Å². The quantitative estimate of drug-likeness (QED) is 0.231. The fourth-order valence-corrected chi connectivity index (χ4v) is 2.24. The van der Waals surface area contributed by atoms with Crippen LogP contribution in [0.15, 0.2) is 0 Å². The maximum Gasteiger partial charge on any atom is 0.325 e. The molecule has 138 valence electrons. The lowest BCUT2D eigenvalue weighted by Gasteiger charge is -2.19. The first kappa shape index (κ1) is 22.5. The van der Waals surface area contributed by atoms with E-state index in [1.54, 1.807) is 11.8 Å². The van der Waals surface area contributed by atoms with Crippen LogP contribution in [0.5, 0.6) is 0 Å². The third-order valence-corrected chi connectivity index (χ3v) is 3.97. The summed E-state index contributed by atoms with van der Waals surface area (Å²) in [6.45, 7) is 0.893. The molecular weight excluding hydrogens is 356 g/mol. The number of hydrogen-bond donors (Lipinski definition) is 6. The Morgan fingerprint density at radius 2 is 1.83 bits per heavy atom. The Kier molecular flexibility index (Phi) is 11.3. The van der Waals surface area contributed by atoms with Gasteiger partial charge in [-0.05, 0) is 25.4 Å². The van der Waals surface area contributed by atoms with Gasteiger partial charge in [-0.15, -0.1) is 0 Å². The molecule has 0 bridgehead atoms. The molecule has 24 heavy (non-hydrogen) atoms. The first-order valence-corrected chi connectivity index (χ1v) is 9.21. The van der Waals surface area contributed by atoms with E-state index >= 15 is 0 Å². The molecule has 0 saturated heterocycles. The Labute approximate surface area is 150 Å². The van der Waals surface area contributed by atoms with E-state index in [2.05, 4.69) is 28.6 Å². The second-order valence-electron chi connectivity index (χ2n) is 4.98. The average Bonchev–Trinajstić information content (AvgIpc) is 2.54. The Morgan fingerprint density at radius 3 is 2.33 bits per heavy atom. The zero-order valence-corrected chi connectivity index (χ0v) is 15.3. The van der Waals surface area contributed by atoms with Crippen LogP contribution in [0.1, 0.15) is 13.3 Å². The Bertz CT molecular complexity index is 464. The van der Waals surface area contributed by atoms with E-state index in [0.717, 1.165) is 0 Å². The number of nitrogens with two attached hydrogens (primary N) is 1. The lowest BCUT2D eigenvalue weighted by atomic mass is 10.2. The van der Waals surface area contributed by atoms with Crippen LogP contribution in [0.3, 0.4) is 0 Å². The number of carbonyl (C=O) groups excluding carboxylic acids is 3. The number of nitrogens with one attached hydrogen (secondary N) is 3. The van der Waals surface area contributed by atoms with Crippen LogP contribution >= 0.6 is 24.4 Å². The minimum atomic E-state index is -1.19. The maximum absolute atomic E-state index is 12.0. The molecule has 3 atom stereocenters. The normalized spacial score (nSPS) is 14.2. The van der Waals surface area contributed by atoms with E-state index < -0.39 is 48.4 Å². The lowest BCUT2D eigenvalue weighted by Crippen LogP contribution is -2.54. The van der Waals surface area contributed by atoms with Gasteiger partial charge < -0.3 is 26.8 Å². The van der Waals surface area contributed by atoms with Gasteiger partial charge in [-0.25, -0.2) is 0 Å². The van der Waals surface area contributed by atoms with Crippen molar-refractivity contribution in [2.24, 2.45) is 5.73 Å². The first-order valence-electron chi connectivity index (χ1n) is 7.18. The fraction of sp³-hybridized carbons (Fsp3) is 0.692. The van der Waals surface area contributed by atoms with Crippen LogP contribution in [0.2, 0.25) is 0 Å². The molecule has 0 radical (unpaired) electrons. The Balaban J connectivity index is 4.37. The van der Waals surface area contributed by atoms with Gasteiger partial charge in [0, 0.05) is 5.75 Å². The van der Waals surface area contributed by atoms with Crippen molar-refractivity contribution in [2.45, 2.75) is 31.5 Å². The van der Waals surface area contributed by atoms with Crippen molar-refractivity contribution in [3.8, 4) is 0 Å². The second kappa shape index (κ2) is 12.0. The molecular formula is C13H24N4O5S2. The first-order chi connectivity index (χ1) is 11.2. The van der Waals surface area contributed by atoms with Crippen molar-refractivity contribution < 1.29 is 24.3 Å². The summed E-state index contributed by atoms with van der Waals surface area (Å²) >= 11 is 5.55. The van der Waals surface area contributed by atoms with Crippen LogP contribution in [-0.4, -0.2) is 71.2 Å². The van der Waals surface area contributed by atoms with Crippen molar-refractivity contribution >= 4 is 48.1 Å². The van der Waals surface area contributed by atoms with E-state index in [0.29, 0.717) is 12.2 Å². The number of thioether (sulfide) groups is 1. The van der Waals surface area contributed by atoms with Crippen LogP contribution in [0.25, 0.3) is 0 Å². The predicted octanol–water partition coefficient (Wildman–Crippen LogP) is -1.81. The maximum atomic E-state index is 12.0. The molecule has 11 heteroatoms. The molecule has 0 spiro atoms. The number of rotatable bonds is 11. The van der Waals surface area contributed by atoms with E-state index in [4.69, 9.17) is 10.8 Å². The molecule has 0 heterocycles. The van der Waals surface area contributed by atoms with Crippen LogP contribution < -0.4 is 21.7 Å². The summed E-state index contributed by atoms with van der Waals surface area (Å²) in [7, 11) is 0. The van der Waals surface area contributed by atoms with Gasteiger partial charge in [0.15, 0.2) is 0 Å². The van der Waals surface area contributed by atoms with Gasteiger partial charge in [0.1, 0.15) is 12.1 Å². The molecule has 0 aliphatic heterocycles. The highest BCUT2D eigenvalue weighted by Gasteiger charge is 2.23. The second-order valence-corrected chi connectivity index (χ2v) is 6.33. The highest BCUT2D eigenvalue weighted by atomic mass is 32.2. The molecule has 0 saturated carbocycles. The summed E-state index contributed by atoms with van der Waals surface area (Å²) in [6, 6.07) is -2.73. The Hall–Kier alpha value is -1.46. The predicted molar refractivity (Wildman–Crippen MR) is 95.0 cm³/mol. The smallest absolute Gasteiger partial charge is 0.325 e. The summed E-state index contributed by atoms with van der Waals surface area (Å²) in [4.78, 5) is 46.0. The number of hydrogen-bond acceptors (Lipinski definition) is 7. The SMILES string of the molecule is CSCCC(N)C(=O)NC(CS)C(=O)NCC(=O)NC(C)C(=O)O. The van der Waals surface area contributed by atoms with Gasteiger partial charge >= 0.3 is 5.97 Å². The van der Waals surface area contributed by atoms with Gasteiger partial charge in [-0.3, -0.25) is 19.2 Å². The van der Waals surface area contributed by atoms with Crippen molar-refractivity contribution in [3.05, 3.63) is 0 Å². The monoisotopic (exact) mass is 380 g/mol. The minimum absolute atomic E-state index is 0.0277. The van der Waals surface area contributed by atoms with Crippen molar-refractivity contribution in [2.75, 3.05) is 24.3 Å². The molecule has 0 aromatic carbocycles. The van der Waals surface area contributed by atoms with Crippen molar-refractivity contribution in [1.82, 2.24) is 16.0 Å². The minimum Gasteiger partial charge on any atom is -0.480 e. The molecule has 0 aromatic heterocycles. The fourth-order valence-electron chi connectivity index (χ4n) is 1.49. The third kappa shape index (κ3) is 8.99. The molecule has 3 amide bonds. The molecule has 0 aliphatic carbocycles. The van der Waals surface area contributed by atoms with E-state index in [1.807, 2.05) is 6.26 Å². The highest BCUT2D eigenvalue weighted by molar-refractivity contribution is 7.98. The molecule has 6 N–H and O–H groups in total. The highest BCUT2D eigenvalue weighted by Crippen LogP contribution is 1.99. The summed E-state index contributed by atoms with van der Waals surface area (Å²) in [5.74, 6) is -2.17. The molecule has 0 aliphatic rings. The van der Waals surface area contributed by atoms with Gasteiger partial charge in [-0.1, -0.05) is 0 Å². The number of amides is 3. The van der Waals surface area contributed by atoms with Crippen molar-refractivity contribution in [3.63, 3.8) is 0 Å². The van der Waals surface area contributed by atoms with Gasteiger partial charge in [0.2, 0.25) is 17.7 Å². The summed E-state index contributed by atoms with van der Waals surface area (Å²) in [5.41, 5.74) is 5.71. The molecule has 3 unspecified atom stereocenters. The zero-order valence-electron chi connectivity index (χ0n) is 13.6. The zero-order chi connectivity index (χ0) is 18.7. The lowest BCUT2D eigenvalue weighted by molar-refractivity contribution is -0.141. The van der Waals surface area contributed by atoms with Crippen LogP contribution in [0.4, 0.5) is 0 Å². The number of thiol groups is 1. The van der Waals surface area contributed by atoms with Crippen LogP contribution in [-0.2, 0) is 19.2 Å². The largest absolute Gasteiger partial charge is 0.480 e. The summed E-state index contributed by atoms with van der Waals surface area (Å²) < 4.78 is 0. The molecule has 0 aromatic rings. The average molecular weight is 380 g/mol. The van der Waals surface area contributed by atoms with E-state index in [-0.39, 0.29) is 5.75 Å². The third-order valence-electron chi connectivity index (χ3n) is 2.96. The molecule has 0 rings (SSSR count). The standard InChI is InChI=1S/C13H24N4O5S2/c1-7(13(21)22)16-10(18)5-15-12(20)9(6-23)17-11(19)8(14)3-4-24-2/h7-9,23H,3-6,14H2,1-2H3,(H,15,20)(H,16,18)(H,17,19)(H,21,22). The number of carbonyl (C=O) groups is 4. The van der Waals surface area contributed by atoms with Crippen LogP contribution in [0, 0.1) is 0 Å². The summed E-state index contributed by atoms with van der Waals surface area (Å²) in [6.07, 6.45) is 2.37. The van der Waals surface area contributed by atoms with E-state index in [1.165, 1.54) is 6.92 Å². The van der Waals surface area contributed by atoms with E-state index in [9.17, 15) is 19.2 Å². The number of carboxylic acids is 1. The molecule has 9 nitrogen and oxygen atoms in total. The molecule has 0 fully saturated rings. The Morgan fingerprint density at radius 1 is 1.21 bits per heavy atom. The van der Waals surface area contributed by atoms with Gasteiger partial charge in [-0.2, -0.15) is 24.4 Å². The topological polar surface area (TPSA) is 151 Å². The number of aliphatic carboxylic acids is 1. The summed E-state index contributed by atoms with van der Waals surface area (Å²) in [5, 5.41) is 15.6. The van der Waals surface area contributed by atoms with Gasteiger partial charge in [0.05, 0.1) is 12.6 Å².